The third kappa shape index (κ3) is 4.00. The first-order valence-electron chi connectivity index (χ1n) is 4.14. The lowest BCUT2D eigenvalue weighted by atomic mass is 10.0. The highest BCUT2D eigenvalue weighted by atomic mass is 32.3. The topological polar surface area (TPSA) is 140 Å². The summed E-state index contributed by atoms with van der Waals surface area (Å²) in [5, 5.41) is 17.9. The largest absolute Gasteiger partial charge is 0.479 e. The van der Waals surface area contributed by atoms with Gasteiger partial charge in [0.25, 0.3) is 0 Å². The molecule has 3 N–H and O–H groups in total. The van der Waals surface area contributed by atoms with E-state index in [0.717, 1.165) is 0 Å². The monoisotopic (exact) mass is 258 g/mol. The highest BCUT2D eigenvalue weighted by molar-refractivity contribution is 7.80. The van der Waals surface area contributed by atoms with Crippen LogP contribution >= 0.6 is 0 Å². The number of ether oxygens (including phenoxy) is 1. The van der Waals surface area contributed by atoms with Gasteiger partial charge in [-0.05, 0) is 0 Å². The fourth-order valence-corrected chi connectivity index (χ4v) is 1.33. The van der Waals surface area contributed by atoms with Gasteiger partial charge in [0, 0.05) is 6.42 Å². The average Bonchev–Trinajstić information content (AvgIpc) is 2.14. The summed E-state index contributed by atoms with van der Waals surface area (Å²) in [6.07, 6.45) is -3.90. The lowest BCUT2D eigenvalue weighted by molar-refractivity contribution is -0.292. The number of aliphatic hydroxyl groups excluding tert-OH is 1. The molecule has 0 saturated carbocycles. The van der Waals surface area contributed by atoms with E-state index in [0.29, 0.717) is 0 Å². The van der Waals surface area contributed by atoms with Crippen molar-refractivity contribution in [2.75, 3.05) is 6.61 Å². The first-order chi connectivity index (χ1) is 7.29. The molecule has 1 aliphatic rings. The van der Waals surface area contributed by atoms with E-state index >= 15 is 0 Å². The highest BCUT2D eigenvalue weighted by Crippen LogP contribution is 2.17. The van der Waals surface area contributed by atoms with Crippen molar-refractivity contribution < 1.29 is 41.9 Å². The summed E-state index contributed by atoms with van der Waals surface area (Å²) in [7, 11) is -4.78. The Morgan fingerprint density at radius 1 is 1.44 bits per heavy atom. The quantitative estimate of drug-likeness (QED) is 0.307. The van der Waals surface area contributed by atoms with Crippen molar-refractivity contribution in [3.8, 4) is 0 Å². The van der Waals surface area contributed by atoms with Gasteiger partial charge in [0.05, 0.1) is 12.7 Å². The molecule has 0 aromatic rings. The minimum Gasteiger partial charge on any atom is -0.479 e. The second-order valence-electron chi connectivity index (χ2n) is 3.09. The van der Waals surface area contributed by atoms with Crippen LogP contribution < -0.4 is 0 Å². The summed E-state index contributed by atoms with van der Waals surface area (Å²) in [4.78, 5) is 14.7. The van der Waals surface area contributed by atoms with Crippen LogP contribution in [0.4, 0.5) is 0 Å². The molecule has 16 heavy (non-hydrogen) atoms. The van der Waals surface area contributed by atoms with Crippen LogP contribution in [0.5, 0.6) is 0 Å². The van der Waals surface area contributed by atoms with E-state index in [1.165, 1.54) is 0 Å². The molecule has 10 heteroatoms. The second-order valence-corrected chi connectivity index (χ2v) is 4.09. The van der Waals surface area contributed by atoms with Crippen molar-refractivity contribution in [3.63, 3.8) is 0 Å². The highest BCUT2D eigenvalue weighted by Gasteiger charge is 2.35. The van der Waals surface area contributed by atoms with Gasteiger partial charge in [0.15, 0.2) is 6.10 Å². The Hall–Kier alpha value is -0.780. The van der Waals surface area contributed by atoms with E-state index in [4.69, 9.17) is 14.4 Å². The maximum Gasteiger partial charge on any atom is 0.424 e. The molecule has 94 valence electrons. The SMILES string of the molecule is O=C(O)C1CC(O)C(OOS(=O)(=O)O)CO1. The van der Waals surface area contributed by atoms with Gasteiger partial charge in [-0.1, -0.05) is 4.33 Å². The van der Waals surface area contributed by atoms with Crippen LogP contribution in [0.1, 0.15) is 6.42 Å². The van der Waals surface area contributed by atoms with Gasteiger partial charge < -0.3 is 14.9 Å². The average molecular weight is 258 g/mol. The van der Waals surface area contributed by atoms with Crippen LogP contribution in [0.3, 0.4) is 0 Å². The lowest BCUT2D eigenvalue weighted by Gasteiger charge is -2.29. The molecular weight excluding hydrogens is 248 g/mol. The molecule has 9 nitrogen and oxygen atoms in total. The fraction of sp³-hybridized carbons (Fsp3) is 0.833. The van der Waals surface area contributed by atoms with Crippen LogP contribution in [0.15, 0.2) is 0 Å². The molecule has 3 unspecified atom stereocenters. The van der Waals surface area contributed by atoms with Gasteiger partial charge in [-0.3, -0.25) is 4.55 Å². The molecular formula is C6H10O9S. The molecule has 0 aromatic heterocycles. The summed E-state index contributed by atoms with van der Waals surface area (Å²) in [6, 6.07) is 0. The molecule has 1 fully saturated rings. The number of rotatable bonds is 4. The Labute approximate surface area is 90.4 Å². The minimum atomic E-state index is -4.78. The van der Waals surface area contributed by atoms with Crippen LogP contribution in [0.2, 0.25) is 0 Å². The third-order valence-electron chi connectivity index (χ3n) is 1.87. The molecule has 0 bridgehead atoms. The summed E-state index contributed by atoms with van der Waals surface area (Å²) in [5.74, 6) is -1.24. The number of hydrogen-bond donors (Lipinski definition) is 3. The molecule has 1 rings (SSSR count). The third-order valence-corrected chi connectivity index (χ3v) is 2.12. The first-order valence-corrected chi connectivity index (χ1v) is 5.51. The van der Waals surface area contributed by atoms with Crippen molar-refractivity contribution in [2.24, 2.45) is 0 Å². The minimum absolute atomic E-state index is 0.269. The summed E-state index contributed by atoms with van der Waals surface area (Å²) in [5.41, 5.74) is 0. The zero-order valence-electron chi connectivity index (χ0n) is 7.85. The molecule has 0 aromatic carbocycles. The van der Waals surface area contributed by atoms with E-state index in [2.05, 4.69) is 9.22 Å². The van der Waals surface area contributed by atoms with Crippen molar-refractivity contribution in [2.45, 2.75) is 24.7 Å². The number of aliphatic hydroxyl groups is 1. The normalized spacial score (nSPS) is 31.2. The second kappa shape index (κ2) is 5.03. The Balaban J connectivity index is 2.45. The van der Waals surface area contributed by atoms with Gasteiger partial charge >= 0.3 is 16.4 Å². The molecule has 0 aliphatic carbocycles. The van der Waals surface area contributed by atoms with Crippen molar-refractivity contribution in [1.82, 2.24) is 0 Å². The zero-order chi connectivity index (χ0) is 12.3. The van der Waals surface area contributed by atoms with Gasteiger partial charge in [-0.25, -0.2) is 9.68 Å². The van der Waals surface area contributed by atoms with Crippen LogP contribution in [0, 0.1) is 0 Å². The van der Waals surface area contributed by atoms with Gasteiger partial charge in [-0.2, -0.15) is 8.42 Å². The predicted molar refractivity (Wildman–Crippen MR) is 45.5 cm³/mol. The Morgan fingerprint density at radius 3 is 2.50 bits per heavy atom. The van der Waals surface area contributed by atoms with E-state index in [1.807, 2.05) is 0 Å². The van der Waals surface area contributed by atoms with Crippen LogP contribution in [-0.2, 0) is 29.2 Å². The first kappa shape index (κ1) is 13.3. The number of hydrogen-bond acceptors (Lipinski definition) is 7. The Kier molecular flexibility index (Phi) is 4.18. The molecule has 1 saturated heterocycles. The Morgan fingerprint density at radius 2 is 2.06 bits per heavy atom. The predicted octanol–water partition coefficient (Wildman–Crippen LogP) is -1.66. The number of carbonyl (C=O) groups is 1. The molecule has 0 radical (unpaired) electrons. The Bertz CT molecular complexity index is 349. The van der Waals surface area contributed by atoms with Crippen molar-refractivity contribution in [1.29, 1.82) is 0 Å². The molecule has 0 amide bonds. The summed E-state index contributed by atoms with van der Waals surface area (Å²) < 4.78 is 36.8. The molecule has 1 aliphatic heterocycles. The lowest BCUT2D eigenvalue weighted by Crippen LogP contribution is -2.45. The van der Waals surface area contributed by atoms with E-state index in [-0.39, 0.29) is 13.0 Å². The molecule has 1 heterocycles. The van der Waals surface area contributed by atoms with Crippen molar-refractivity contribution >= 4 is 16.4 Å². The maximum absolute atomic E-state index is 10.5. The fourth-order valence-electron chi connectivity index (χ4n) is 1.13. The van der Waals surface area contributed by atoms with Crippen molar-refractivity contribution in [3.05, 3.63) is 0 Å². The maximum atomic E-state index is 10.5. The van der Waals surface area contributed by atoms with E-state index in [9.17, 15) is 18.3 Å². The smallest absolute Gasteiger partial charge is 0.424 e. The van der Waals surface area contributed by atoms with Crippen LogP contribution in [-0.4, -0.2) is 54.1 Å². The molecule has 0 spiro atoms. The van der Waals surface area contributed by atoms with Gasteiger partial charge in [-0.15, -0.1) is 0 Å². The summed E-state index contributed by atoms with van der Waals surface area (Å²) >= 11 is 0. The van der Waals surface area contributed by atoms with Gasteiger partial charge in [0.2, 0.25) is 0 Å². The van der Waals surface area contributed by atoms with E-state index < -0.39 is 34.7 Å². The standard InChI is InChI=1S/C6H10O9S/c7-3-1-4(6(8)9)13-2-5(3)14-15-16(10,11)12/h3-5,7H,1-2H2,(H,8,9)(H,10,11,12). The molecule has 3 atom stereocenters. The van der Waals surface area contributed by atoms with Gasteiger partial charge in [0.1, 0.15) is 6.10 Å². The number of carboxylic acid groups (broad SMARTS) is 1. The number of carboxylic acids is 1. The van der Waals surface area contributed by atoms with Crippen LogP contribution in [0.25, 0.3) is 0 Å². The van der Waals surface area contributed by atoms with E-state index in [1.54, 1.807) is 0 Å². The number of aliphatic carboxylic acids is 1. The summed E-state index contributed by atoms with van der Waals surface area (Å²) in [6.45, 7) is -0.367. The zero-order valence-corrected chi connectivity index (χ0v) is 8.66.